The summed E-state index contributed by atoms with van der Waals surface area (Å²) >= 11 is 6.93. The largest absolute Gasteiger partial charge is 0.493 e. The molecule has 1 aliphatic heterocycles. The van der Waals surface area contributed by atoms with E-state index in [1.165, 1.54) is 20.3 Å². The zero-order valence-electron chi connectivity index (χ0n) is 10.2. The zero-order valence-corrected chi connectivity index (χ0v) is 11.7. The number of imide groups is 1. The van der Waals surface area contributed by atoms with E-state index in [0.717, 1.165) is 11.8 Å². The molecule has 5 nitrogen and oxygen atoms in total. The molecule has 19 heavy (non-hydrogen) atoms. The third-order valence-corrected chi connectivity index (χ3v) is 3.57. The Kier molecular flexibility index (Phi) is 4.01. The molecular weight excluding hydrogens is 290 g/mol. The fraction of sp³-hybridized carbons (Fsp3) is 0.167. The van der Waals surface area contributed by atoms with Crippen LogP contribution >= 0.6 is 23.4 Å². The van der Waals surface area contributed by atoms with Gasteiger partial charge in [0.25, 0.3) is 11.1 Å². The van der Waals surface area contributed by atoms with Crippen LogP contribution < -0.4 is 14.8 Å². The van der Waals surface area contributed by atoms with Crippen LogP contribution in [0.2, 0.25) is 5.02 Å². The van der Waals surface area contributed by atoms with Gasteiger partial charge in [-0.2, -0.15) is 0 Å². The van der Waals surface area contributed by atoms with Crippen molar-refractivity contribution < 1.29 is 19.1 Å². The van der Waals surface area contributed by atoms with Gasteiger partial charge in [-0.1, -0.05) is 11.6 Å². The molecule has 0 aliphatic carbocycles. The molecule has 100 valence electrons. The Morgan fingerprint density at radius 2 is 1.84 bits per heavy atom. The highest BCUT2D eigenvalue weighted by molar-refractivity contribution is 8.18. The smallest absolute Gasteiger partial charge is 0.290 e. The van der Waals surface area contributed by atoms with Crippen molar-refractivity contribution in [3.63, 3.8) is 0 Å². The SMILES string of the molecule is COc1cc(Cl)c(/C=C2\SC(=O)NC2=O)cc1OC. The first-order chi connectivity index (χ1) is 9.05. The van der Waals surface area contributed by atoms with Gasteiger partial charge in [0.2, 0.25) is 0 Å². The third kappa shape index (κ3) is 2.85. The lowest BCUT2D eigenvalue weighted by Crippen LogP contribution is -2.17. The molecule has 0 atom stereocenters. The predicted molar refractivity (Wildman–Crippen MR) is 73.7 cm³/mol. The van der Waals surface area contributed by atoms with E-state index in [0.29, 0.717) is 27.0 Å². The summed E-state index contributed by atoms with van der Waals surface area (Å²) in [7, 11) is 3.01. The van der Waals surface area contributed by atoms with E-state index >= 15 is 0 Å². The first-order valence-electron chi connectivity index (χ1n) is 5.21. The number of carbonyl (C=O) groups excluding carboxylic acids is 2. The summed E-state index contributed by atoms with van der Waals surface area (Å²) in [6.45, 7) is 0. The quantitative estimate of drug-likeness (QED) is 0.869. The number of carbonyl (C=O) groups is 2. The van der Waals surface area contributed by atoms with E-state index in [1.807, 2.05) is 0 Å². The molecule has 1 aromatic rings. The van der Waals surface area contributed by atoms with Crippen LogP contribution in [-0.4, -0.2) is 25.4 Å². The monoisotopic (exact) mass is 299 g/mol. The van der Waals surface area contributed by atoms with E-state index in [9.17, 15) is 9.59 Å². The molecule has 0 unspecified atom stereocenters. The highest BCUT2D eigenvalue weighted by Gasteiger charge is 2.25. The van der Waals surface area contributed by atoms with Gasteiger partial charge in [0.05, 0.1) is 24.1 Å². The van der Waals surface area contributed by atoms with Gasteiger partial charge in [0, 0.05) is 6.07 Å². The molecule has 1 heterocycles. The molecule has 0 spiro atoms. The van der Waals surface area contributed by atoms with Crippen molar-refractivity contribution in [1.82, 2.24) is 5.32 Å². The van der Waals surface area contributed by atoms with Crippen molar-refractivity contribution in [2.45, 2.75) is 0 Å². The normalized spacial score (nSPS) is 16.7. The van der Waals surface area contributed by atoms with E-state index in [2.05, 4.69) is 5.32 Å². The topological polar surface area (TPSA) is 64.6 Å². The Bertz CT molecular complexity index is 585. The average Bonchev–Trinajstić information content (AvgIpc) is 2.69. The summed E-state index contributed by atoms with van der Waals surface area (Å²) < 4.78 is 10.3. The van der Waals surface area contributed by atoms with Gasteiger partial charge in [-0.3, -0.25) is 14.9 Å². The minimum atomic E-state index is -0.430. The van der Waals surface area contributed by atoms with Gasteiger partial charge in [-0.15, -0.1) is 0 Å². The number of hydrogen-bond acceptors (Lipinski definition) is 5. The van der Waals surface area contributed by atoms with E-state index in [-0.39, 0.29) is 0 Å². The van der Waals surface area contributed by atoms with E-state index in [4.69, 9.17) is 21.1 Å². The number of halogens is 1. The number of thioether (sulfide) groups is 1. The first kappa shape index (κ1) is 13.8. The number of rotatable bonds is 3. The summed E-state index contributed by atoms with van der Waals surface area (Å²) in [4.78, 5) is 22.8. The van der Waals surface area contributed by atoms with Crippen LogP contribution in [0.4, 0.5) is 4.79 Å². The summed E-state index contributed by atoms with van der Waals surface area (Å²) in [6, 6.07) is 3.23. The maximum atomic E-state index is 11.5. The van der Waals surface area contributed by atoms with E-state index in [1.54, 1.807) is 12.1 Å². The molecule has 0 bridgehead atoms. The maximum Gasteiger partial charge on any atom is 0.290 e. The van der Waals surface area contributed by atoms with Crippen LogP contribution in [0.5, 0.6) is 11.5 Å². The molecule has 0 aromatic heterocycles. The Balaban J connectivity index is 2.43. The minimum absolute atomic E-state index is 0.291. The molecule has 1 saturated heterocycles. The van der Waals surface area contributed by atoms with E-state index < -0.39 is 11.1 Å². The molecule has 2 amide bonds. The van der Waals surface area contributed by atoms with Crippen LogP contribution in [0, 0.1) is 0 Å². The number of ether oxygens (including phenoxy) is 2. The highest BCUT2D eigenvalue weighted by Crippen LogP contribution is 2.35. The Morgan fingerprint density at radius 1 is 1.21 bits per heavy atom. The van der Waals surface area contributed by atoms with Crippen LogP contribution in [0.1, 0.15) is 5.56 Å². The standard InChI is InChI=1S/C12H10ClNO4S/c1-17-8-3-6(7(13)5-9(8)18-2)4-10-11(15)14-12(16)19-10/h3-5H,1-2H3,(H,14,15,16)/b10-4-. The molecule has 7 heteroatoms. The van der Waals surface area contributed by atoms with Crippen molar-refractivity contribution in [3.8, 4) is 11.5 Å². The predicted octanol–water partition coefficient (Wildman–Crippen LogP) is 2.68. The Labute approximate surface area is 118 Å². The number of nitrogens with one attached hydrogen (secondary N) is 1. The zero-order chi connectivity index (χ0) is 14.0. The van der Waals surface area contributed by atoms with Crippen LogP contribution in [0.25, 0.3) is 6.08 Å². The number of hydrogen-bond donors (Lipinski definition) is 1. The average molecular weight is 300 g/mol. The van der Waals surface area contributed by atoms with Gasteiger partial charge in [-0.05, 0) is 29.5 Å². The molecule has 1 fully saturated rings. The van der Waals surface area contributed by atoms with Gasteiger partial charge in [0.1, 0.15) is 0 Å². The minimum Gasteiger partial charge on any atom is -0.493 e. The Hall–Kier alpha value is -1.66. The third-order valence-electron chi connectivity index (χ3n) is 2.43. The maximum absolute atomic E-state index is 11.5. The second kappa shape index (κ2) is 5.54. The molecule has 1 aliphatic rings. The number of benzene rings is 1. The number of methoxy groups -OCH3 is 2. The summed E-state index contributed by atoms with van der Waals surface area (Å²) in [5, 5.41) is 2.18. The second-order valence-corrected chi connectivity index (χ2v) is 5.00. The Morgan fingerprint density at radius 3 is 2.37 bits per heavy atom. The molecule has 1 aromatic carbocycles. The van der Waals surface area contributed by atoms with Gasteiger partial charge in [0.15, 0.2) is 11.5 Å². The lowest BCUT2D eigenvalue weighted by atomic mass is 10.2. The van der Waals surface area contributed by atoms with Gasteiger partial charge < -0.3 is 9.47 Å². The second-order valence-electron chi connectivity index (χ2n) is 3.58. The van der Waals surface area contributed by atoms with Crippen LogP contribution in [0.3, 0.4) is 0 Å². The summed E-state index contributed by atoms with van der Waals surface area (Å²) in [5.41, 5.74) is 0.576. The molecule has 1 N–H and O–H groups in total. The summed E-state index contributed by atoms with van der Waals surface area (Å²) in [5.74, 6) is 0.559. The van der Waals surface area contributed by atoms with Gasteiger partial charge >= 0.3 is 0 Å². The van der Waals surface area contributed by atoms with Crippen LogP contribution in [-0.2, 0) is 4.79 Å². The van der Waals surface area contributed by atoms with Crippen molar-refractivity contribution in [2.75, 3.05) is 14.2 Å². The molecule has 2 rings (SSSR count). The number of amides is 2. The van der Waals surface area contributed by atoms with Crippen LogP contribution in [0.15, 0.2) is 17.0 Å². The summed E-state index contributed by atoms with van der Waals surface area (Å²) in [6.07, 6.45) is 1.54. The lowest BCUT2D eigenvalue weighted by molar-refractivity contribution is -0.115. The fourth-order valence-electron chi connectivity index (χ4n) is 1.54. The van der Waals surface area contributed by atoms with Crippen molar-refractivity contribution in [1.29, 1.82) is 0 Å². The molecule has 0 saturated carbocycles. The fourth-order valence-corrected chi connectivity index (χ4v) is 2.42. The van der Waals surface area contributed by atoms with Crippen molar-refractivity contribution >= 4 is 40.6 Å². The highest BCUT2D eigenvalue weighted by atomic mass is 35.5. The lowest BCUT2D eigenvalue weighted by Gasteiger charge is -2.09. The molecular formula is C12H10ClNO4S. The van der Waals surface area contributed by atoms with Crippen molar-refractivity contribution in [2.24, 2.45) is 0 Å². The van der Waals surface area contributed by atoms with Crippen molar-refractivity contribution in [3.05, 3.63) is 27.6 Å². The first-order valence-corrected chi connectivity index (χ1v) is 6.41. The molecule has 0 radical (unpaired) electrons. The van der Waals surface area contributed by atoms with Gasteiger partial charge in [-0.25, -0.2) is 0 Å².